The van der Waals surface area contributed by atoms with Gasteiger partial charge in [-0.05, 0) is 84.5 Å². The molecule has 0 aliphatic heterocycles. The van der Waals surface area contributed by atoms with Crippen LogP contribution in [0.1, 0.15) is 175 Å². The molecule has 4 saturated carbocycles. The van der Waals surface area contributed by atoms with Crippen LogP contribution in [0.3, 0.4) is 0 Å². The van der Waals surface area contributed by atoms with Crippen LogP contribution in [0.2, 0.25) is 13.1 Å². The van der Waals surface area contributed by atoms with E-state index in [0.29, 0.717) is 0 Å². The van der Waals surface area contributed by atoms with E-state index in [-0.39, 0.29) is 0 Å². The second-order valence-corrected chi connectivity index (χ2v) is 24.7. The monoisotopic (exact) mass is 984 g/mol. The molecule has 4 heteroatoms. The summed E-state index contributed by atoms with van der Waals surface area (Å²) < 4.78 is 0. The van der Waals surface area contributed by atoms with E-state index >= 15 is 0 Å². The van der Waals surface area contributed by atoms with Gasteiger partial charge in [0.15, 0.2) is 0 Å². The Hall–Kier alpha value is -2.22. The molecule has 0 saturated heterocycles. The van der Waals surface area contributed by atoms with Crippen molar-refractivity contribution in [1.82, 2.24) is 0 Å². The van der Waals surface area contributed by atoms with Gasteiger partial charge in [-0.3, -0.25) is 0 Å². The normalized spacial score (nSPS) is 18.1. The van der Waals surface area contributed by atoms with Gasteiger partial charge in [0.2, 0.25) is 0 Å². The van der Waals surface area contributed by atoms with E-state index in [2.05, 4.69) is 122 Å². The van der Waals surface area contributed by atoms with Gasteiger partial charge in [-0.15, -0.1) is 69.1 Å². The van der Waals surface area contributed by atoms with E-state index in [9.17, 15) is 0 Å². The Bertz CT molecular complexity index is 2040. The maximum atomic E-state index is 4.93. The van der Waals surface area contributed by atoms with Crippen molar-refractivity contribution in [2.45, 2.75) is 179 Å². The van der Waals surface area contributed by atoms with E-state index in [0.717, 1.165) is 33.2 Å². The number of hydrogen-bond donors (Lipinski definition) is 0. The van der Waals surface area contributed by atoms with Crippen molar-refractivity contribution in [2.75, 3.05) is 0 Å². The minimum atomic E-state index is -0.826. The van der Waals surface area contributed by atoms with E-state index in [1.54, 1.807) is 22.3 Å². The topological polar surface area (TPSA) is 0 Å². The van der Waals surface area contributed by atoms with Crippen LogP contribution in [0.25, 0.3) is 43.8 Å². The van der Waals surface area contributed by atoms with Gasteiger partial charge in [0.25, 0.3) is 0 Å². The van der Waals surface area contributed by atoms with Gasteiger partial charge in [0, 0.05) is 9.52 Å². The zero-order chi connectivity index (χ0) is 44.4. The van der Waals surface area contributed by atoms with Gasteiger partial charge in [-0.1, -0.05) is 200 Å². The smallest absolute Gasteiger partial charge is 0.0162 e. The largest absolute Gasteiger partial charge is 0.164 e. The quantitative estimate of drug-likeness (QED) is 0.0810. The molecule has 0 heterocycles. The predicted octanol–water partition coefficient (Wildman–Crippen LogP) is 19.7. The fraction of sp³-hybridized carbons (Fsp3) is 0.500. The summed E-state index contributed by atoms with van der Waals surface area (Å²) >= 11 is -0.826. The molecular weight excluding hydrogens is 911 g/mol. The Labute approximate surface area is 410 Å². The maximum absolute atomic E-state index is 4.93. The van der Waals surface area contributed by atoms with Gasteiger partial charge in [-0.25, -0.2) is 0 Å². The first kappa shape index (κ1) is 49.7. The standard InChI is InChI=1S/2C29H35.C2H6Si.2ClH.Zr/c2*1-2-5-10-22(9-4-1)19-23-20-27-13-8-14-28(29(27)21-23)26-17-15-25(16-18-26)24-11-6-3-7-12-24;1-3-2;;;/h2*8,13-18,20-22,24H,1-7,9-12,19H2;1-2H3;2*1H;/q2*-1;;;;+4/p-2. The Kier molecular flexibility index (Phi) is 20.9. The Morgan fingerprint density at radius 1 is 0.453 bits per heavy atom. The van der Waals surface area contributed by atoms with Gasteiger partial charge in [0.1, 0.15) is 0 Å². The maximum Gasteiger partial charge on any atom is -0.0162 e. The first-order chi connectivity index (χ1) is 31.6. The van der Waals surface area contributed by atoms with Crippen LogP contribution in [0.5, 0.6) is 0 Å². The van der Waals surface area contributed by atoms with E-state index in [1.807, 2.05) is 0 Å². The Morgan fingerprint density at radius 3 is 1.11 bits per heavy atom. The first-order valence-electron chi connectivity index (χ1n) is 25.7. The number of hydrogen-bond acceptors (Lipinski definition) is 0. The summed E-state index contributed by atoms with van der Waals surface area (Å²) in [6.07, 6.45) is 33.8. The molecule has 0 bridgehead atoms. The second kappa shape index (κ2) is 26.9. The molecule has 0 aromatic heterocycles. The Morgan fingerprint density at radius 2 is 0.766 bits per heavy atom. The number of fused-ring (bicyclic) bond motifs is 2. The van der Waals surface area contributed by atoms with Gasteiger partial charge < -0.3 is 0 Å². The summed E-state index contributed by atoms with van der Waals surface area (Å²) in [5.74, 6) is 3.37. The van der Waals surface area contributed by atoms with Crippen LogP contribution >= 0.6 is 17.0 Å². The zero-order valence-electron chi connectivity index (χ0n) is 39.4. The summed E-state index contributed by atoms with van der Waals surface area (Å²) in [4.78, 5) is 0. The van der Waals surface area contributed by atoms with Crippen LogP contribution in [-0.2, 0) is 33.7 Å². The number of halogens is 2. The fourth-order valence-electron chi connectivity index (χ4n) is 11.9. The van der Waals surface area contributed by atoms with Gasteiger partial charge in [-0.2, -0.15) is 12.1 Å². The molecule has 6 aromatic carbocycles. The minimum absolute atomic E-state index is 0.790. The molecule has 10 rings (SSSR count). The Balaban J connectivity index is 0.000000171. The summed E-state index contributed by atoms with van der Waals surface area (Å²) in [5.41, 5.74) is 11.8. The molecule has 2 radical (unpaired) electrons. The molecule has 0 atom stereocenters. The summed E-state index contributed by atoms with van der Waals surface area (Å²) in [7, 11) is 11.0. The third-order valence-electron chi connectivity index (χ3n) is 15.2. The summed E-state index contributed by atoms with van der Waals surface area (Å²) in [6, 6.07) is 42.7. The van der Waals surface area contributed by atoms with Crippen molar-refractivity contribution in [3.8, 4) is 22.3 Å². The minimum Gasteiger partial charge on any atom is -0.164 e. The van der Waals surface area contributed by atoms with Crippen LogP contribution in [0, 0.1) is 11.8 Å². The molecule has 6 aromatic rings. The summed E-state index contributed by atoms with van der Waals surface area (Å²) in [6.45, 7) is 4.31. The average molecular weight is 987 g/mol. The molecule has 0 spiro atoms. The molecule has 4 fully saturated rings. The number of rotatable bonds is 8. The van der Waals surface area contributed by atoms with Crippen molar-refractivity contribution in [3.05, 3.63) is 131 Å². The molecular formula is C60H76Cl2SiZr. The van der Waals surface area contributed by atoms with Crippen LogP contribution in [-0.4, -0.2) is 9.52 Å². The molecule has 0 N–H and O–H groups in total. The molecule has 4 aliphatic rings. The van der Waals surface area contributed by atoms with Crippen molar-refractivity contribution in [3.63, 3.8) is 0 Å². The fourth-order valence-corrected chi connectivity index (χ4v) is 11.9. The molecule has 0 amide bonds. The van der Waals surface area contributed by atoms with Crippen molar-refractivity contribution >= 4 is 48.1 Å². The molecule has 4 aliphatic carbocycles. The predicted molar refractivity (Wildman–Crippen MR) is 281 cm³/mol. The first-order valence-corrected chi connectivity index (χ1v) is 34.0. The van der Waals surface area contributed by atoms with E-state index < -0.39 is 20.8 Å². The van der Waals surface area contributed by atoms with Crippen molar-refractivity contribution in [2.24, 2.45) is 11.8 Å². The van der Waals surface area contributed by atoms with E-state index in [4.69, 9.17) is 17.0 Å². The van der Waals surface area contributed by atoms with Gasteiger partial charge in [0.05, 0.1) is 0 Å². The second-order valence-electron chi connectivity index (χ2n) is 20.0. The zero-order valence-corrected chi connectivity index (χ0v) is 44.4. The average Bonchev–Trinajstić information content (AvgIpc) is 3.73. The SMILES string of the molecule is C[Si]C.[Cl][Zr+2][Cl].c1cc(-c2ccc(C3CCCCC3)cc2)c2cc(CC3CCCCCC3)[cH-]c2c1.c1cc(-c2ccc(C3CCCCC3)cc2)c2cc(CC3CCCCCC3)[cH-]c2c1. The third kappa shape index (κ3) is 14.4. The van der Waals surface area contributed by atoms with Crippen LogP contribution in [0.4, 0.5) is 0 Å². The molecule has 0 nitrogen and oxygen atoms in total. The molecule has 338 valence electrons. The third-order valence-corrected chi connectivity index (χ3v) is 15.2. The van der Waals surface area contributed by atoms with E-state index in [1.165, 1.54) is 198 Å². The number of benzene rings is 4. The summed E-state index contributed by atoms with van der Waals surface area (Å²) in [5, 5.41) is 5.73. The molecule has 0 unspecified atom stereocenters. The van der Waals surface area contributed by atoms with Gasteiger partial charge >= 0.3 is 37.9 Å². The van der Waals surface area contributed by atoms with Crippen LogP contribution < -0.4 is 0 Å². The van der Waals surface area contributed by atoms with Crippen molar-refractivity contribution in [1.29, 1.82) is 0 Å². The molecule has 64 heavy (non-hydrogen) atoms. The van der Waals surface area contributed by atoms with Crippen LogP contribution in [0.15, 0.2) is 109 Å². The van der Waals surface area contributed by atoms with Crippen molar-refractivity contribution < 1.29 is 20.8 Å².